The van der Waals surface area contributed by atoms with Gasteiger partial charge in [0.2, 0.25) is 10.0 Å². The Bertz CT molecular complexity index is 1500. The molecule has 4 aliphatic carbocycles. The molecule has 1 N–H and O–H groups in total. The van der Waals surface area contributed by atoms with Crippen molar-refractivity contribution in [1.82, 2.24) is 14.3 Å². The molecular formula is C27H31N3O6S. The van der Waals surface area contributed by atoms with Gasteiger partial charge in [-0.1, -0.05) is 18.2 Å². The molecule has 7 rings (SSSR count). The summed E-state index contributed by atoms with van der Waals surface area (Å²) >= 11 is 0. The molecule has 4 bridgehead atoms. The van der Waals surface area contributed by atoms with Gasteiger partial charge in [-0.15, -0.1) is 0 Å². The third-order valence-corrected chi connectivity index (χ3v) is 9.74. The van der Waals surface area contributed by atoms with E-state index in [0.717, 1.165) is 43.8 Å². The van der Waals surface area contributed by atoms with Crippen LogP contribution in [-0.4, -0.2) is 48.9 Å². The highest BCUT2D eigenvalue weighted by atomic mass is 32.2. The molecule has 1 atom stereocenters. The van der Waals surface area contributed by atoms with Gasteiger partial charge < -0.3 is 14.8 Å². The fraction of sp³-hybridized carbons (Fsp3) is 0.519. The number of carbonyl (C=O) groups excluding carboxylic acids is 2. The number of ether oxygens (including phenoxy) is 2. The van der Waals surface area contributed by atoms with Crippen molar-refractivity contribution in [2.75, 3.05) is 13.4 Å². The summed E-state index contributed by atoms with van der Waals surface area (Å²) in [5.41, 5.74) is -0.519. The Morgan fingerprint density at radius 2 is 1.68 bits per heavy atom. The summed E-state index contributed by atoms with van der Waals surface area (Å²) in [6, 6.07) is 8.74. The molecule has 4 saturated carbocycles. The second-order valence-electron chi connectivity index (χ2n) is 11.2. The molecule has 37 heavy (non-hydrogen) atoms. The lowest BCUT2D eigenvalue weighted by molar-refractivity contribution is -0.148. The number of hydrogen-bond donors (Lipinski definition) is 1. The number of nitrogens with zero attached hydrogens (tertiary/aromatic N) is 2. The van der Waals surface area contributed by atoms with Crippen molar-refractivity contribution in [2.24, 2.45) is 23.7 Å². The largest absolute Gasteiger partial charge is 0.467 e. The molecule has 0 aliphatic heterocycles. The lowest BCUT2D eigenvalue weighted by atomic mass is 9.55. The van der Waals surface area contributed by atoms with Gasteiger partial charge in [-0.3, -0.25) is 4.98 Å². The average molecular weight is 526 g/mol. The Morgan fingerprint density at radius 3 is 2.30 bits per heavy atom. The van der Waals surface area contributed by atoms with E-state index in [0.29, 0.717) is 33.6 Å². The summed E-state index contributed by atoms with van der Waals surface area (Å²) in [5, 5.41) is 4.03. The highest BCUT2D eigenvalue weighted by molar-refractivity contribution is 7.89. The fourth-order valence-electron chi connectivity index (χ4n) is 7.31. The second kappa shape index (κ2) is 8.44. The molecule has 4 fully saturated rings. The van der Waals surface area contributed by atoms with Crippen LogP contribution in [0.3, 0.4) is 0 Å². The number of para-hydroxylation sites is 1. The van der Waals surface area contributed by atoms with Crippen LogP contribution in [0.25, 0.3) is 21.8 Å². The van der Waals surface area contributed by atoms with Crippen molar-refractivity contribution in [3.8, 4) is 0 Å². The smallest absolute Gasteiger partial charge is 0.408 e. The van der Waals surface area contributed by atoms with Crippen LogP contribution >= 0.6 is 0 Å². The Kier molecular flexibility index (Phi) is 5.52. The van der Waals surface area contributed by atoms with Crippen LogP contribution in [0.5, 0.6) is 0 Å². The SMILES string of the molecule is COC(=O)[C@](C)(NC(=O)OC1C2CC3CC(C2)CC1C3)c1cc2c3ccccc3n(S(C)(=O)=O)c2cn1. The number of nitrogens with one attached hydrogen (secondary N) is 1. The highest BCUT2D eigenvalue weighted by Gasteiger charge is 2.50. The number of esters is 1. The van der Waals surface area contributed by atoms with E-state index < -0.39 is 27.6 Å². The maximum Gasteiger partial charge on any atom is 0.408 e. The highest BCUT2D eigenvalue weighted by Crippen LogP contribution is 2.54. The van der Waals surface area contributed by atoms with Gasteiger partial charge in [0.1, 0.15) is 6.10 Å². The van der Waals surface area contributed by atoms with Gasteiger partial charge in [-0.2, -0.15) is 0 Å². The second-order valence-corrected chi connectivity index (χ2v) is 13.0. The van der Waals surface area contributed by atoms with Gasteiger partial charge in [0, 0.05) is 10.8 Å². The normalized spacial score (nSPS) is 28.2. The molecule has 2 aromatic heterocycles. The van der Waals surface area contributed by atoms with Gasteiger partial charge in [-0.05, 0) is 74.8 Å². The van der Waals surface area contributed by atoms with Crippen molar-refractivity contribution >= 4 is 43.9 Å². The molecule has 3 aromatic rings. The first kappa shape index (κ1) is 24.2. The van der Waals surface area contributed by atoms with Crippen molar-refractivity contribution in [2.45, 2.75) is 50.7 Å². The van der Waals surface area contributed by atoms with E-state index in [9.17, 15) is 18.0 Å². The van der Waals surface area contributed by atoms with E-state index in [1.165, 1.54) is 30.6 Å². The van der Waals surface area contributed by atoms with Gasteiger partial charge in [0.05, 0.1) is 36.3 Å². The quantitative estimate of drug-likeness (QED) is 0.502. The molecule has 10 heteroatoms. The zero-order chi connectivity index (χ0) is 26.1. The summed E-state index contributed by atoms with van der Waals surface area (Å²) in [5.74, 6) is 1.55. The van der Waals surface area contributed by atoms with E-state index in [1.807, 2.05) is 12.1 Å². The summed E-state index contributed by atoms with van der Waals surface area (Å²) in [7, 11) is -2.38. The van der Waals surface area contributed by atoms with Crippen LogP contribution in [0, 0.1) is 23.7 Å². The monoisotopic (exact) mass is 525 g/mol. The van der Waals surface area contributed by atoms with E-state index in [1.54, 1.807) is 18.2 Å². The number of hydrogen-bond acceptors (Lipinski definition) is 7. The molecule has 196 valence electrons. The standard InChI is InChI=1S/C27H31N3O6S/c1-27(25(31)35-2,29-26(32)36-24-17-9-15-8-16(11-17)12-18(24)10-15)23-13-20-19-6-4-5-7-21(19)30(37(3,33)34)22(20)14-28-23/h4-7,13-18,24H,8-12H2,1-3H3,(H,29,32)/t15?,16?,17?,18?,24?,27-/m1/s1. The van der Waals surface area contributed by atoms with Crippen molar-refractivity contribution in [3.63, 3.8) is 0 Å². The minimum atomic E-state index is -3.63. The van der Waals surface area contributed by atoms with Crippen LogP contribution in [0.1, 0.15) is 44.7 Å². The first-order valence-electron chi connectivity index (χ1n) is 12.8. The minimum Gasteiger partial charge on any atom is -0.467 e. The van der Waals surface area contributed by atoms with E-state index in [-0.39, 0.29) is 11.8 Å². The number of aromatic nitrogens is 2. The molecule has 4 aliphatic rings. The third kappa shape index (κ3) is 3.88. The molecule has 0 spiro atoms. The molecular weight excluding hydrogens is 494 g/mol. The first-order chi connectivity index (χ1) is 17.6. The maximum absolute atomic E-state index is 13.2. The number of alkyl carbamates (subject to hydrolysis) is 1. The van der Waals surface area contributed by atoms with Crippen molar-refractivity contribution in [1.29, 1.82) is 0 Å². The molecule has 9 nitrogen and oxygen atoms in total. The average Bonchev–Trinajstić information content (AvgIpc) is 3.19. The van der Waals surface area contributed by atoms with Crippen LogP contribution in [0.15, 0.2) is 36.5 Å². The van der Waals surface area contributed by atoms with Gasteiger partial charge in [-0.25, -0.2) is 22.0 Å². The Balaban J connectivity index is 1.35. The number of rotatable bonds is 5. The Hall–Kier alpha value is -3.14. The lowest BCUT2D eigenvalue weighted by Crippen LogP contribution is -2.54. The Labute approximate surface area is 215 Å². The van der Waals surface area contributed by atoms with E-state index in [2.05, 4.69) is 10.3 Å². The predicted octanol–water partition coefficient (Wildman–Crippen LogP) is 3.94. The van der Waals surface area contributed by atoms with Crippen molar-refractivity contribution < 1.29 is 27.5 Å². The summed E-state index contributed by atoms with van der Waals surface area (Å²) in [4.78, 5) is 30.7. The van der Waals surface area contributed by atoms with Gasteiger partial charge >= 0.3 is 12.1 Å². The Morgan fingerprint density at radius 1 is 1.03 bits per heavy atom. The van der Waals surface area contributed by atoms with Crippen LogP contribution in [-0.2, 0) is 29.8 Å². The number of pyridine rings is 1. The van der Waals surface area contributed by atoms with Crippen LogP contribution in [0.4, 0.5) is 4.79 Å². The number of benzene rings is 1. The predicted molar refractivity (Wildman–Crippen MR) is 137 cm³/mol. The van der Waals surface area contributed by atoms with Gasteiger partial charge in [0.25, 0.3) is 0 Å². The van der Waals surface area contributed by atoms with E-state index >= 15 is 0 Å². The number of methoxy groups -OCH3 is 1. The zero-order valence-electron chi connectivity index (χ0n) is 21.1. The molecule has 1 amide bonds. The molecule has 0 radical (unpaired) electrons. The maximum atomic E-state index is 13.2. The van der Waals surface area contributed by atoms with E-state index in [4.69, 9.17) is 9.47 Å². The zero-order valence-corrected chi connectivity index (χ0v) is 22.0. The fourth-order valence-corrected chi connectivity index (χ4v) is 8.33. The molecule has 0 unspecified atom stereocenters. The summed E-state index contributed by atoms with van der Waals surface area (Å²) in [6.07, 6.45) is 7.43. The van der Waals surface area contributed by atoms with Crippen molar-refractivity contribution in [3.05, 3.63) is 42.2 Å². The van der Waals surface area contributed by atoms with Gasteiger partial charge in [0.15, 0.2) is 5.54 Å². The topological polar surface area (TPSA) is 117 Å². The third-order valence-electron chi connectivity index (χ3n) is 8.69. The molecule has 0 saturated heterocycles. The van der Waals surface area contributed by atoms with Crippen LogP contribution in [0.2, 0.25) is 0 Å². The lowest BCUT2D eigenvalue weighted by Gasteiger charge is -2.53. The number of carbonyl (C=O) groups is 2. The minimum absolute atomic E-state index is 0.141. The van der Waals surface area contributed by atoms with Crippen LogP contribution < -0.4 is 5.32 Å². The number of amides is 1. The first-order valence-corrected chi connectivity index (χ1v) is 14.6. The summed E-state index contributed by atoms with van der Waals surface area (Å²) < 4.78 is 37.4. The molecule has 1 aromatic carbocycles. The number of fused-ring (bicyclic) bond motifs is 3. The summed E-state index contributed by atoms with van der Waals surface area (Å²) in [6.45, 7) is 1.53. The molecule has 2 heterocycles.